The molecule has 1 amide bonds. The maximum absolute atomic E-state index is 13.2. The number of rotatable bonds is 12. The number of thioether (sulfide) groups is 1. The molecule has 32 heavy (non-hydrogen) atoms. The summed E-state index contributed by atoms with van der Waals surface area (Å²) in [6.45, 7) is 22.3. The molecule has 188 valence electrons. The zero-order valence-electron chi connectivity index (χ0n) is 22.0. The monoisotopic (exact) mass is 521 g/mol. The van der Waals surface area contributed by atoms with Gasteiger partial charge < -0.3 is 14.0 Å². The lowest BCUT2D eigenvalue weighted by atomic mass is 9.99. The van der Waals surface area contributed by atoms with Gasteiger partial charge in [-0.1, -0.05) is 65.5 Å². The molecule has 1 aliphatic rings. The van der Waals surface area contributed by atoms with E-state index in [0.29, 0.717) is 17.3 Å². The van der Waals surface area contributed by atoms with E-state index in [9.17, 15) is 9.90 Å². The average molecular weight is 522 g/mol. The zero-order chi connectivity index (χ0) is 25.0. The molecule has 0 spiro atoms. The first kappa shape index (κ1) is 30.3. The number of nitrogens with zero attached hydrogens (tertiary/aromatic N) is 1. The van der Waals surface area contributed by atoms with Gasteiger partial charge in [0.1, 0.15) is 4.32 Å². The molecule has 0 unspecified atom stereocenters. The van der Waals surface area contributed by atoms with Crippen LogP contribution < -0.4 is 0 Å². The maximum atomic E-state index is 13.2. The molecule has 1 rings (SSSR count). The third-order valence-corrected chi connectivity index (χ3v) is 18.3. The minimum absolute atomic E-state index is 0.0616. The van der Waals surface area contributed by atoms with Crippen LogP contribution in [-0.4, -0.2) is 67.0 Å². The minimum atomic E-state index is -1.86. The Kier molecular flexibility index (Phi) is 11.1. The lowest BCUT2D eigenvalue weighted by Crippen LogP contribution is -2.57. The number of thiocarbonyl (C=S) groups is 1. The molecular formula is C23H47NO4S2Si2. The Morgan fingerprint density at radius 1 is 1.19 bits per heavy atom. The van der Waals surface area contributed by atoms with Crippen molar-refractivity contribution in [3.63, 3.8) is 0 Å². The molecule has 0 radical (unpaired) electrons. The third-order valence-electron chi connectivity index (χ3n) is 7.49. The predicted octanol–water partition coefficient (Wildman–Crippen LogP) is 6.18. The summed E-state index contributed by atoms with van der Waals surface area (Å²) in [4.78, 5) is 14.9. The molecule has 1 heterocycles. The number of aliphatic hydroxyl groups excluding tert-OH is 1. The summed E-state index contributed by atoms with van der Waals surface area (Å²) in [5.41, 5.74) is -0.478. The third kappa shape index (κ3) is 7.61. The lowest BCUT2D eigenvalue weighted by molar-refractivity contribution is -0.133. The van der Waals surface area contributed by atoms with Gasteiger partial charge in [-0.2, -0.15) is 0 Å². The van der Waals surface area contributed by atoms with Crippen molar-refractivity contribution in [3.05, 3.63) is 0 Å². The van der Waals surface area contributed by atoms with Gasteiger partial charge in [0.25, 0.3) is 0 Å². The first-order valence-electron chi connectivity index (χ1n) is 12.1. The highest BCUT2D eigenvalue weighted by molar-refractivity contribution is 8.23. The van der Waals surface area contributed by atoms with Crippen molar-refractivity contribution >= 4 is 50.8 Å². The van der Waals surface area contributed by atoms with Gasteiger partial charge in [-0.25, -0.2) is 0 Å². The molecule has 0 aromatic heterocycles. The van der Waals surface area contributed by atoms with Crippen LogP contribution >= 0.6 is 24.0 Å². The van der Waals surface area contributed by atoms with E-state index in [4.69, 9.17) is 21.1 Å². The van der Waals surface area contributed by atoms with Gasteiger partial charge in [0.2, 0.25) is 5.91 Å². The topological polar surface area (TPSA) is 59.0 Å². The van der Waals surface area contributed by atoms with E-state index in [-0.39, 0.29) is 23.4 Å². The second-order valence-corrected chi connectivity index (χ2v) is 22.2. The Balaban J connectivity index is 2.80. The average Bonchev–Trinajstić information content (AvgIpc) is 3.07. The van der Waals surface area contributed by atoms with Gasteiger partial charge in [0.15, 0.2) is 16.6 Å². The predicted molar refractivity (Wildman–Crippen MR) is 146 cm³/mol. The number of amides is 1. The smallest absolute Gasteiger partial charge is 0.231 e. The van der Waals surface area contributed by atoms with Crippen LogP contribution in [0.25, 0.3) is 0 Å². The maximum Gasteiger partial charge on any atom is 0.231 e. The Bertz CT molecular complexity index is 640. The molecule has 1 N–H and O–H groups in total. The summed E-state index contributed by atoms with van der Waals surface area (Å²) >= 11 is 7.08. The SMILES string of the molecule is CC[Si](CC)(CC)OC(C)(C)[C@@H]1CSC(=S)N1C(=O)C[C@@H](O)CCO[Si](C)(C)C(C)(C)C. The zero-order valence-corrected chi connectivity index (χ0v) is 25.7. The molecule has 5 nitrogen and oxygen atoms in total. The van der Waals surface area contributed by atoms with Crippen molar-refractivity contribution in [3.8, 4) is 0 Å². The highest BCUT2D eigenvalue weighted by Crippen LogP contribution is 2.38. The van der Waals surface area contributed by atoms with Gasteiger partial charge in [-0.3, -0.25) is 9.69 Å². The first-order valence-corrected chi connectivity index (χ1v) is 18.9. The molecule has 0 aliphatic carbocycles. The van der Waals surface area contributed by atoms with Crippen molar-refractivity contribution < 1.29 is 18.8 Å². The van der Waals surface area contributed by atoms with Crippen LogP contribution in [0, 0.1) is 0 Å². The molecule has 2 atom stereocenters. The fourth-order valence-corrected chi connectivity index (χ4v) is 9.77. The van der Waals surface area contributed by atoms with E-state index in [1.807, 2.05) is 0 Å². The number of aliphatic hydroxyl groups is 1. The van der Waals surface area contributed by atoms with Crippen LogP contribution in [0.3, 0.4) is 0 Å². The summed E-state index contributed by atoms with van der Waals surface area (Å²) in [5.74, 6) is 0.627. The van der Waals surface area contributed by atoms with Crippen molar-refractivity contribution in [1.29, 1.82) is 0 Å². The number of carbonyl (C=O) groups is 1. The molecule has 0 bridgehead atoms. The van der Waals surface area contributed by atoms with Crippen molar-refractivity contribution in [1.82, 2.24) is 4.90 Å². The van der Waals surface area contributed by atoms with E-state index in [1.165, 1.54) is 11.8 Å². The van der Waals surface area contributed by atoms with Gasteiger partial charge in [-0.05, 0) is 56.5 Å². The van der Waals surface area contributed by atoms with Crippen molar-refractivity contribution in [2.75, 3.05) is 12.4 Å². The van der Waals surface area contributed by atoms with Crippen molar-refractivity contribution in [2.45, 2.75) is 122 Å². The Labute approximate surface area is 208 Å². The van der Waals surface area contributed by atoms with Gasteiger partial charge >= 0.3 is 0 Å². The summed E-state index contributed by atoms with van der Waals surface area (Å²) < 4.78 is 13.6. The van der Waals surface area contributed by atoms with Crippen LogP contribution in [0.15, 0.2) is 0 Å². The largest absolute Gasteiger partial charge is 0.417 e. The second kappa shape index (κ2) is 11.8. The number of hydrogen-bond acceptors (Lipinski definition) is 6. The van der Waals surface area contributed by atoms with E-state index < -0.39 is 28.3 Å². The lowest BCUT2D eigenvalue weighted by Gasteiger charge is -2.44. The Morgan fingerprint density at radius 3 is 2.19 bits per heavy atom. The Hall–Kier alpha value is 0.224. The van der Waals surface area contributed by atoms with Crippen molar-refractivity contribution in [2.24, 2.45) is 0 Å². The quantitative estimate of drug-likeness (QED) is 0.244. The minimum Gasteiger partial charge on any atom is -0.417 e. The summed E-state index contributed by atoms with van der Waals surface area (Å²) in [6.07, 6.45) is -0.221. The number of carbonyl (C=O) groups excluding carboxylic acids is 1. The molecule has 0 aromatic carbocycles. The summed E-state index contributed by atoms with van der Waals surface area (Å²) in [5, 5.41) is 10.7. The van der Waals surface area contributed by atoms with Gasteiger partial charge in [0, 0.05) is 12.4 Å². The van der Waals surface area contributed by atoms with Crippen LogP contribution in [0.1, 0.15) is 68.2 Å². The molecule has 0 aromatic rings. The van der Waals surface area contributed by atoms with E-state index in [0.717, 1.165) is 23.9 Å². The molecule has 0 saturated carbocycles. The summed E-state index contributed by atoms with van der Waals surface area (Å²) in [6, 6.07) is 3.08. The van der Waals surface area contributed by atoms with E-state index in [2.05, 4.69) is 68.5 Å². The number of hydrogen-bond donors (Lipinski definition) is 1. The van der Waals surface area contributed by atoms with Crippen LogP contribution in [0.4, 0.5) is 0 Å². The highest BCUT2D eigenvalue weighted by Gasteiger charge is 2.47. The second-order valence-electron chi connectivity index (χ2n) is 11.1. The fourth-order valence-electron chi connectivity index (χ4n) is 3.87. The van der Waals surface area contributed by atoms with E-state index >= 15 is 0 Å². The van der Waals surface area contributed by atoms with Gasteiger partial charge in [0.05, 0.1) is 24.2 Å². The first-order chi connectivity index (χ1) is 14.6. The van der Waals surface area contributed by atoms with Crippen LogP contribution in [0.5, 0.6) is 0 Å². The highest BCUT2D eigenvalue weighted by atomic mass is 32.2. The van der Waals surface area contributed by atoms with Crippen LogP contribution in [0.2, 0.25) is 36.3 Å². The van der Waals surface area contributed by atoms with Crippen LogP contribution in [-0.2, 0) is 13.6 Å². The molecule has 9 heteroatoms. The molecule has 1 fully saturated rings. The standard InChI is InChI=1S/C23H47NO4S2Si2/c1-11-32(12-2,13-3)28-23(7,8)19-17-30-21(29)24(19)20(26)16-18(25)14-15-27-31(9,10)22(4,5)6/h18-19,25H,11-17H2,1-10H3/t18-,19-/m0/s1. The molecule has 1 aliphatic heterocycles. The molecular weight excluding hydrogens is 475 g/mol. The summed E-state index contributed by atoms with van der Waals surface area (Å²) in [7, 11) is -3.70. The fraction of sp³-hybridized carbons (Fsp3) is 0.913. The van der Waals surface area contributed by atoms with E-state index in [1.54, 1.807) is 4.90 Å². The molecule has 1 saturated heterocycles. The van der Waals surface area contributed by atoms with Gasteiger partial charge in [-0.15, -0.1) is 0 Å². The normalized spacial score (nSPS) is 19.5. The Morgan fingerprint density at radius 2 is 1.72 bits per heavy atom.